The average molecular weight is 252 g/mol. The van der Waals surface area contributed by atoms with E-state index >= 15 is 0 Å². The lowest BCUT2D eigenvalue weighted by Gasteiger charge is -2.06. The molecule has 98 valence electrons. The van der Waals surface area contributed by atoms with E-state index in [1.165, 1.54) is 13.2 Å². The van der Waals surface area contributed by atoms with Gasteiger partial charge in [-0.15, -0.1) is 0 Å². The van der Waals surface area contributed by atoms with Crippen LogP contribution in [0.2, 0.25) is 0 Å². The van der Waals surface area contributed by atoms with Gasteiger partial charge in [0.1, 0.15) is 11.5 Å². The van der Waals surface area contributed by atoms with Crippen molar-refractivity contribution < 1.29 is 19.1 Å². The van der Waals surface area contributed by atoms with Crippen molar-refractivity contribution in [3.63, 3.8) is 0 Å². The number of allylic oxidation sites excluding steroid dienone is 2. The highest BCUT2D eigenvalue weighted by Gasteiger charge is 2.08. The number of carbonyl (C=O) groups is 1. The van der Waals surface area contributed by atoms with Gasteiger partial charge in [0.05, 0.1) is 19.6 Å². The molecule has 1 unspecified atom stereocenters. The molecule has 1 heterocycles. The Hall–Kier alpha value is -2.04. The fourth-order valence-electron chi connectivity index (χ4n) is 1.61. The molecule has 0 aromatic carbocycles. The highest BCUT2D eigenvalue weighted by molar-refractivity contribution is 5.68. The molecule has 0 aliphatic rings. The molecular weight excluding hydrogens is 236 g/mol. The zero-order valence-electron chi connectivity index (χ0n) is 10.6. The Balaban J connectivity index is 2.99. The Morgan fingerprint density at radius 2 is 2.22 bits per heavy atom. The Labute approximate surface area is 105 Å². The quantitative estimate of drug-likeness (QED) is 0.868. The predicted molar refractivity (Wildman–Crippen MR) is 66.6 cm³/mol. The largest absolute Gasteiger partial charge is 0.496 e. The van der Waals surface area contributed by atoms with Gasteiger partial charge in [0.2, 0.25) is 0 Å². The fraction of sp³-hybridized carbons (Fsp3) is 0.385. The molecule has 0 bridgehead atoms. The number of methoxy groups -OCH3 is 1. The van der Waals surface area contributed by atoms with E-state index in [1.807, 2.05) is 0 Å². The van der Waals surface area contributed by atoms with Crippen LogP contribution in [0.25, 0.3) is 5.57 Å². The molecule has 1 rings (SSSR count). The van der Waals surface area contributed by atoms with Crippen molar-refractivity contribution >= 4 is 11.5 Å². The molecule has 0 fully saturated rings. The van der Waals surface area contributed by atoms with Crippen molar-refractivity contribution in [1.29, 1.82) is 0 Å². The maximum absolute atomic E-state index is 11.3. The molecule has 0 spiro atoms. The van der Waals surface area contributed by atoms with Crippen LogP contribution >= 0.6 is 0 Å². The Bertz CT molecular complexity index is 512. The van der Waals surface area contributed by atoms with Crippen LogP contribution in [0.1, 0.15) is 26.0 Å². The van der Waals surface area contributed by atoms with Crippen molar-refractivity contribution in [3.05, 3.63) is 34.4 Å². The van der Waals surface area contributed by atoms with Crippen LogP contribution in [0.5, 0.6) is 5.75 Å². The van der Waals surface area contributed by atoms with Crippen LogP contribution in [-0.4, -0.2) is 18.2 Å². The van der Waals surface area contributed by atoms with E-state index in [0.29, 0.717) is 17.1 Å². The third kappa shape index (κ3) is 4.08. The molecule has 0 radical (unpaired) electrons. The van der Waals surface area contributed by atoms with E-state index < -0.39 is 11.6 Å². The molecule has 1 aromatic rings. The van der Waals surface area contributed by atoms with Gasteiger partial charge >= 0.3 is 11.6 Å². The average Bonchev–Trinajstić information content (AvgIpc) is 2.26. The summed E-state index contributed by atoms with van der Waals surface area (Å²) in [4.78, 5) is 21.8. The van der Waals surface area contributed by atoms with Gasteiger partial charge < -0.3 is 14.3 Å². The first-order valence-electron chi connectivity index (χ1n) is 5.52. The van der Waals surface area contributed by atoms with Gasteiger partial charge in [-0.2, -0.15) is 0 Å². The molecule has 5 nitrogen and oxygen atoms in total. The second-order valence-corrected chi connectivity index (χ2v) is 4.11. The minimum absolute atomic E-state index is 0.0333. The molecule has 0 saturated heterocycles. The summed E-state index contributed by atoms with van der Waals surface area (Å²) >= 11 is 0. The third-order valence-electron chi connectivity index (χ3n) is 2.40. The van der Waals surface area contributed by atoms with E-state index in [1.54, 1.807) is 26.0 Å². The highest BCUT2D eigenvalue weighted by Crippen LogP contribution is 2.20. The lowest BCUT2D eigenvalue weighted by atomic mass is 10.0. The van der Waals surface area contributed by atoms with Gasteiger partial charge in [-0.3, -0.25) is 4.79 Å². The number of carboxylic acids is 1. The SMILES string of the molecule is COc1cc(/C(C)=C/C(C)CC(=O)O)oc(=O)c1. The van der Waals surface area contributed by atoms with E-state index in [-0.39, 0.29) is 12.3 Å². The van der Waals surface area contributed by atoms with Crippen molar-refractivity contribution in [3.8, 4) is 5.75 Å². The first-order valence-corrected chi connectivity index (χ1v) is 5.52. The fourth-order valence-corrected chi connectivity index (χ4v) is 1.61. The minimum atomic E-state index is -0.862. The Morgan fingerprint density at radius 1 is 1.56 bits per heavy atom. The first kappa shape index (κ1) is 14.0. The van der Waals surface area contributed by atoms with Crippen LogP contribution < -0.4 is 10.4 Å². The van der Waals surface area contributed by atoms with Crippen molar-refractivity contribution in [2.24, 2.45) is 5.92 Å². The van der Waals surface area contributed by atoms with Gasteiger partial charge in [-0.05, 0) is 18.4 Å². The third-order valence-corrected chi connectivity index (χ3v) is 2.40. The number of aliphatic carboxylic acids is 1. The van der Waals surface area contributed by atoms with Crippen molar-refractivity contribution in [2.75, 3.05) is 7.11 Å². The van der Waals surface area contributed by atoms with E-state index in [0.717, 1.165) is 0 Å². The molecule has 0 aliphatic carbocycles. The second kappa shape index (κ2) is 6.05. The van der Waals surface area contributed by atoms with Gasteiger partial charge in [-0.25, -0.2) is 4.79 Å². The number of ether oxygens (including phenoxy) is 1. The summed E-state index contributed by atoms with van der Waals surface area (Å²) in [6, 6.07) is 2.85. The maximum atomic E-state index is 11.3. The van der Waals surface area contributed by atoms with Gasteiger partial charge in [0.25, 0.3) is 0 Å². The Kier molecular flexibility index (Phi) is 4.71. The molecule has 1 aromatic heterocycles. The zero-order chi connectivity index (χ0) is 13.7. The summed E-state index contributed by atoms with van der Waals surface area (Å²) in [5.41, 5.74) is 0.211. The summed E-state index contributed by atoms with van der Waals surface area (Å²) in [6.07, 6.45) is 1.79. The van der Waals surface area contributed by atoms with Crippen LogP contribution in [0, 0.1) is 5.92 Å². The smallest absolute Gasteiger partial charge is 0.339 e. The molecule has 0 saturated carbocycles. The van der Waals surface area contributed by atoms with Gasteiger partial charge in [0.15, 0.2) is 0 Å². The standard InChI is InChI=1S/C13H16O5/c1-8(5-12(14)15)4-9(2)11-6-10(17-3)7-13(16)18-11/h4,6-8H,5H2,1-3H3,(H,14,15)/b9-4+. The summed E-state index contributed by atoms with van der Waals surface area (Å²) in [5.74, 6) is -0.200. The highest BCUT2D eigenvalue weighted by atomic mass is 16.5. The number of hydrogen-bond acceptors (Lipinski definition) is 4. The number of carboxylic acid groups (broad SMARTS) is 1. The molecule has 0 amide bonds. The van der Waals surface area contributed by atoms with E-state index in [2.05, 4.69) is 0 Å². The molecule has 0 aliphatic heterocycles. The van der Waals surface area contributed by atoms with E-state index in [9.17, 15) is 9.59 Å². The zero-order valence-corrected chi connectivity index (χ0v) is 10.6. The summed E-state index contributed by atoms with van der Waals surface area (Å²) < 4.78 is 10.0. The van der Waals surface area contributed by atoms with Crippen LogP contribution in [0.15, 0.2) is 27.4 Å². The molecule has 18 heavy (non-hydrogen) atoms. The number of hydrogen-bond donors (Lipinski definition) is 1. The summed E-state index contributed by atoms with van der Waals surface area (Å²) in [7, 11) is 1.46. The molecule has 5 heteroatoms. The Morgan fingerprint density at radius 3 is 2.78 bits per heavy atom. The minimum Gasteiger partial charge on any atom is -0.496 e. The summed E-state index contributed by atoms with van der Waals surface area (Å²) in [5, 5.41) is 8.67. The van der Waals surface area contributed by atoms with Gasteiger partial charge in [-0.1, -0.05) is 13.0 Å². The van der Waals surface area contributed by atoms with Crippen molar-refractivity contribution in [1.82, 2.24) is 0 Å². The lowest BCUT2D eigenvalue weighted by Crippen LogP contribution is -2.03. The van der Waals surface area contributed by atoms with Crippen LogP contribution in [0.3, 0.4) is 0 Å². The van der Waals surface area contributed by atoms with Gasteiger partial charge in [0, 0.05) is 6.07 Å². The topological polar surface area (TPSA) is 76.7 Å². The van der Waals surface area contributed by atoms with E-state index in [4.69, 9.17) is 14.3 Å². The number of rotatable bonds is 5. The monoisotopic (exact) mass is 252 g/mol. The normalized spacial score (nSPS) is 13.2. The first-order chi connectivity index (χ1) is 8.42. The lowest BCUT2D eigenvalue weighted by molar-refractivity contribution is -0.137. The summed E-state index contributed by atoms with van der Waals surface area (Å²) in [6.45, 7) is 3.55. The molecular formula is C13H16O5. The van der Waals surface area contributed by atoms with Crippen molar-refractivity contribution in [2.45, 2.75) is 20.3 Å². The predicted octanol–water partition coefficient (Wildman–Crippen LogP) is 2.16. The van der Waals surface area contributed by atoms with Crippen LogP contribution in [0.4, 0.5) is 0 Å². The van der Waals surface area contributed by atoms with Crippen LogP contribution in [-0.2, 0) is 4.79 Å². The second-order valence-electron chi connectivity index (χ2n) is 4.11. The maximum Gasteiger partial charge on any atom is 0.339 e. The molecule has 1 atom stereocenters. The molecule has 1 N–H and O–H groups in total.